The smallest absolute Gasteiger partial charge is 0.259 e. The number of rotatable bonds is 6. The molecule has 1 aliphatic heterocycles. The van der Waals surface area contributed by atoms with Gasteiger partial charge in [0.05, 0.1) is 23.4 Å². The molecule has 0 saturated carbocycles. The Hall–Kier alpha value is -3.15. The fourth-order valence-corrected chi connectivity index (χ4v) is 4.38. The van der Waals surface area contributed by atoms with Crippen LogP contribution in [0.25, 0.3) is 11.4 Å². The molecule has 0 spiro atoms. The first-order valence-corrected chi connectivity index (χ1v) is 11.5. The molecule has 2 aliphatic rings. The van der Waals surface area contributed by atoms with E-state index < -0.39 is 0 Å². The Balaban J connectivity index is 1.73. The number of carbonyl (C=O) groups is 1. The van der Waals surface area contributed by atoms with Crippen molar-refractivity contribution in [3.8, 4) is 17.1 Å². The van der Waals surface area contributed by atoms with Crippen molar-refractivity contribution in [3.63, 3.8) is 0 Å². The third-order valence-electron chi connectivity index (χ3n) is 6.09. The molecule has 0 fully saturated rings. The third-order valence-corrected chi connectivity index (χ3v) is 6.09. The molecule has 0 saturated heterocycles. The summed E-state index contributed by atoms with van der Waals surface area (Å²) in [6.07, 6.45) is 10.3. The van der Waals surface area contributed by atoms with Crippen LogP contribution in [0.15, 0.2) is 52.9 Å². The summed E-state index contributed by atoms with van der Waals surface area (Å²) in [5, 5.41) is 10.5. The molecular formula is C26H31N3O3. The van der Waals surface area contributed by atoms with Crippen molar-refractivity contribution >= 4 is 5.91 Å². The van der Waals surface area contributed by atoms with Gasteiger partial charge in [0.25, 0.3) is 5.56 Å². The average Bonchev–Trinajstić information content (AvgIpc) is 2.79. The predicted molar refractivity (Wildman–Crippen MR) is 125 cm³/mol. The normalized spacial score (nSPS) is 15.6. The number of carbonyl (C=O) groups excluding carboxylic acids is 1. The molecule has 1 aliphatic carbocycles. The van der Waals surface area contributed by atoms with Gasteiger partial charge in [0.15, 0.2) is 0 Å². The van der Waals surface area contributed by atoms with E-state index in [0.717, 1.165) is 18.5 Å². The zero-order chi connectivity index (χ0) is 22.7. The highest BCUT2D eigenvalue weighted by molar-refractivity contribution is 5.76. The summed E-state index contributed by atoms with van der Waals surface area (Å²) >= 11 is 0. The van der Waals surface area contributed by atoms with Gasteiger partial charge in [-0.3, -0.25) is 14.2 Å². The Bertz CT molecular complexity index is 1130. The Labute approximate surface area is 188 Å². The van der Waals surface area contributed by atoms with Crippen LogP contribution in [-0.4, -0.2) is 32.0 Å². The third kappa shape index (κ3) is 4.69. The minimum absolute atomic E-state index is 0.0823. The van der Waals surface area contributed by atoms with Gasteiger partial charge in [-0.2, -0.15) is 0 Å². The number of amides is 1. The monoisotopic (exact) mass is 433 g/mol. The van der Waals surface area contributed by atoms with Gasteiger partial charge < -0.3 is 10.0 Å². The van der Waals surface area contributed by atoms with Crippen LogP contribution in [0.3, 0.4) is 0 Å². The zero-order valence-corrected chi connectivity index (χ0v) is 18.9. The van der Waals surface area contributed by atoms with Crippen LogP contribution in [-0.2, 0) is 24.3 Å². The number of phenols is 1. The number of allylic oxidation sites excluding steroid dienone is 4. The second-order valence-corrected chi connectivity index (χ2v) is 9.01. The SMILES string of the molecule is CC(C)CC(=O)N1CCc2nc(-c3ccccc3O)n(CCC3=CCCC=C3)c(=O)c2C1. The lowest BCUT2D eigenvalue weighted by Gasteiger charge is -2.29. The van der Waals surface area contributed by atoms with Crippen LogP contribution in [0.5, 0.6) is 5.75 Å². The lowest BCUT2D eigenvalue weighted by atomic mass is 10.0. The first-order chi connectivity index (χ1) is 15.4. The summed E-state index contributed by atoms with van der Waals surface area (Å²) in [4.78, 5) is 32.9. The van der Waals surface area contributed by atoms with E-state index in [1.807, 2.05) is 19.9 Å². The second kappa shape index (κ2) is 9.55. The maximum Gasteiger partial charge on any atom is 0.259 e. The molecule has 6 heteroatoms. The molecule has 1 aromatic heterocycles. The highest BCUT2D eigenvalue weighted by atomic mass is 16.3. The van der Waals surface area contributed by atoms with Crippen LogP contribution in [0.4, 0.5) is 0 Å². The van der Waals surface area contributed by atoms with Gasteiger partial charge in [0, 0.05) is 25.9 Å². The van der Waals surface area contributed by atoms with Crippen molar-refractivity contribution in [2.45, 2.75) is 59.0 Å². The molecule has 0 bridgehead atoms. The number of fused-ring (bicyclic) bond motifs is 1. The lowest BCUT2D eigenvalue weighted by Crippen LogP contribution is -2.41. The van der Waals surface area contributed by atoms with Crippen LogP contribution < -0.4 is 5.56 Å². The van der Waals surface area contributed by atoms with Crippen LogP contribution in [0, 0.1) is 5.92 Å². The molecule has 1 aromatic carbocycles. The highest BCUT2D eigenvalue weighted by Gasteiger charge is 2.27. The number of aromatic nitrogens is 2. The summed E-state index contributed by atoms with van der Waals surface area (Å²) in [5.41, 5.74) is 2.97. The van der Waals surface area contributed by atoms with Crippen molar-refractivity contribution in [2.75, 3.05) is 6.54 Å². The molecule has 4 rings (SSSR count). The van der Waals surface area contributed by atoms with E-state index >= 15 is 0 Å². The lowest BCUT2D eigenvalue weighted by molar-refractivity contribution is -0.132. The molecule has 2 aromatic rings. The van der Waals surface area contributed by atoms with E-state index in [-0.39, 0.29) is 23.1 Å². The van der Waals surface area contributed by atoms with Gasteiger partial charge >= 0.3 is 0 Å². The zero-order valence-electron chi connectivity index (χ0n) is 18.9. The largest absolute Gasteiger partial charge is 0.507 e. The fraction of sp³-hybridized carbons (Fsp3) is 0.423. The van der Waals surface area contributed by atoms with Crippen molar-refractivity contribution in [2.24, 2.45) is 5.92 Å². The van der Waals surface area contributed by atoms with E-state index in [2.05, 4.69) is 18.2 Å². The molecule has 168 valence electrons. The van der Waals surface area contributed by atoms with Crippen LogP contribution >= 0.6 is 0 Å². The van der Waals surface area contributed by atoms with E-state index in [9.17, 15) is 14.7 Å². The van der Waals surface area contributed by atoms with Gasteiger partial charge in [-0.05, 0) is 37.3 Å². The number of hydrogen-bond donors (Lipinski definition) is 1. The van der Waals surface area contributed by atoms with E-state index in [4.69, 9.17) is 4.98 Å². The maximum atomic E-state index is 13.6. The highest BCUT2D eigenvalue weighted by Crippen LogP contribution is 2.29. The van der Waals surface area contributed by atoms with Crippen molar-refractivity contribution in [3.05, 3.63) is 69.7 Å². The standard InChI is InChI=1S/C26H31N3O3/c1-18(2)16-24(31)28-14-13-22-21(17-28)26(32)29(15-12-19-8-4-3-5-9-19)25(27-22)20-10-6-7-11-23(20)30/h4,6-11,18,30H,3,5,12-17H2,1-2H3. The minimum Gasteiger partial charge on any atom is -0.507 e. The predicted octanol–water partition coefficient (Wildman–Crippen LogP) is 4.21. The summed E-state index contributed by atoms with van der Waals surface area (Å²) in [5.74, 6) is 0.960. The molecule has 0 unspecified atom stereocenters. The fourth-order valence-electron chi connectivity index (χ4n) is 4.38. The molecule has 32 heavy (non-hydrogen) atoms. The van der Waals surface area contributed by atoms with Gasteiger partial charge in [0.2, 0.25) is 5.91 Å². The summed E-state index contributed by atoms with van der Waals surface area (Å²) < 4.78 is 1.67. The number of aromatic hydroxyl groups is 1. The van der Waals surface area contributed by atoms with Gasteiger partial charge in [-0.15, -0.1) is 0 Å². The van der Waals surface area contributed by atoms with Gasteiger partial charge in [-0.25, -0.2) is 4.98 Å². The topological polar surface area (TPSA) is 75.4 Å². The molecule has 0 atom stereocenters. The molecule has 1 N–H and O–H groups in total. The Morgan fingerprint density at radius 2 is 2.03 bits per heavy atom. The Morgan fingerprint density at radius 3 is 2.75 bits per heavy atom. The molecule has 2 heterocycles. The maximum absolute atomic E-state index is 13.6. The van der Waals surface area contributed by atoms with Crippen LogP contribution in [0.1, 0.15) is 50.8 Å². The average molecular weight is 434 g/mol. The summed E-state index contributed by atoms with van der Waals surface area (Å²) in [7, 11) is 0. The van der Waals surface area contributed by atoms with Crippen molar-refractivity contribution in [1.29, 1.82) is 0 Å². The summed E-state index contributed by atoms with van der Waals surface area (Å²) in [6, 6.07) is 7.00. The van der Waals surface area contributed by atoms with E-state index in [0.29, 0.717) is 55.8 Å². The number of nitrogens with zero attached hydrogens (tertiary/aromatic N) is 3. The Kier molecular flexibility index (Phi) is 6.58. The number of hydrogen-bond acceptors (Lipinski definition) is 4. The second-order valence-electron chi connectivity index (χ2n) is 9.01. The van der Waals surface area contributed by atoms with Crippen molar-refractivity contribution < 1.29 is 9.90 Å². The van der Waals surface area contributed by atoms with Crippen molar-refractivity contribution in [1.82, 2.24) is 14.5 Å². The number of phenolic OH excluding ortho intramolecular Hbond substituents is 1. The first-order valence-electron chi connectivity index (χ1n) is 11.5. The number of benzene rings is 1. The Morgan fingerprint density at radius 1 is 1.22 bits per heavy atom. The first kappa shape index (κ1) is 22.1. The van der Waals surface area contributed by atoms with Gasteiger partial charge in [-0.1, -0.05) is 49.8 Å². The number of para-hydroxylation sites is 1. The quantitative estimate of drug-likeness (QED) is 0.740. The molecule has 1 amide bonds. The molecular weight excluding hydrogens is 402 g/mol. The summed E-state index contributed by atoms with van der Waals surface area (Å²) in [6.45, 7) is 5.39. The minimum atomic E-state index is -0.115. The van der Waals surface area contributed by atoms with Gasteiger partial charge in [0.1, 0.15) is 11.6 Å². The van der Waals surface area contributed by atoms with E-state index in [1.165, 1.54) is 5.57 Å². The molecule has 6 nitrogen and oxygen atoms in total. The van der Waals surface area contributed by atoms with Crippen LogP contribution in [0.2, 0.25) is 0 Å². The van der Waals surface area contributed by atoms with E-state index in [1.54, 1.807) is 27.7 Å². The molecule has 0 radical (unpaired) electrons.